The molecular weight excluding hydrogens is 418 g/mol. The first-order chi connectivity index (χ1) is 13.7. The van der Waals surface area contributed by atoms with Gasteiger partial charge in [0.25, 0.3) is 0 Å². The Bertz CT molecular complexity index is 971. The molecule has 0 aliphatic heterocycles. The molecule has 3 aromatic rings. The summed E-state index contributed by atoms with van der Waals surface area (Å²) in [7, 11) is 1.60. The van der Waals surface area contributed by atoms with E-state index >= 15 is 0 Å². The molecule has 0 saturated carbocycles. The predicted octanol–water partition coefficient (Wildman–Crippen LogP) is 5.69. The third-order valence-electron chi connectivity index (χ3n) is 3.98. The molecule has 0 saturated heterocycles. The smallest absolute Gasteiger partial charge is 0.248 e. The number of benzene rings is 3. The maximum Gasteiger partial charge on any atom is 0.248 e. The van der Waals surface area contributed by atoms with Crippen LogP contribution in [0.3, 0.4) is 0 Å². The second kappa shape index (κ2) is 9.76. The van der Waals surface area contributed by atoms with Crippen LogP contribution in [0.4, 0.5) is 5.69 Å². The SMILES string of the molecule is COc1cc(/C=C/C(=O)Nc2ccccc2Br)ccc1OCc1ccccc1. The van der Waals surface area contributed by atoms with Gasteiger partial charge in [0.2, 0.25) is 5.91 Å². The summed E-state index contributed by atoms with van der Waals surface area (Å²) in [6.07, 6.45) is 3.22. The molecule has 0 aromatic heterocycles. The van der Waals surface area contributed by atoms with Gasteiger partial charge >= 0.3 is 0 Å². The Morgan fingerprint density at radius 2 is 1.75 bits per heavy atom. The minimum absolute atomic E-state index is 0.213. The fraction of sp³-hybridized carbons (Fsp3) is 0.0870. The first-order valence-electron chi connectivity index (χ1n) is 8.74. The van der Waals surface area contributed by atoms with Crippen LogP contribution in [0, 0.1) is 0 Å². The normalized spacial score (nSPS) is 10.6. The molecule has 0 bridgehead atoms. The standard InChI is InChI=1S/C23H20BrNO3/c1-27-22-15-17(11-13-21(22)28-16-18-7-3-2-4-8-18)12-14-23(26)25-20-10-6-5-9-19(20)24/h2-15H,16H2,1H3,(H,25,26)/b14-12+. The summed E-state index contributed by atoms with van der Waals surface area (Å²) in [5.74, 6) is 1.06. The highest BCUT2D eigenvalue weighted by atomic mass is 79.9. The first-order valence-corrected chi connectivity index (χ1v) is 9.53. The zero-order valence-corrected chi connectivity index (χ0v) is 17.0. The van der Waals surface area contributed by atoms with Crippen molar-refractivity contribution in [3.05, 3.63) is 94.5 Å². The largest absolute Gasteiger partial charge is 0.493 e. The Labute approximate surface area is 172 Å². The molecule has 3 rings (SSSR count). The summed E-state index contributed by atoms with van der Waals surface area (Å²) in [5, 5.41) is 2.83. The van der Waals surface area contributed by atoms with Gasteiger partial charge in [-0.05, 0) is 57.4 Å². The molecule has 0 spiro atoms. The number of carbonyl (C=O) groups excluding carboxylic acids is 1. The highest BCUT2D eigenvalue weighted by Crippen LogP contribution is 2.29. The number of amides is 1. The Hall–Kier alpha value is -3.05. The molecule has 1 amide bonds. The number of ether oxygens (including phenoxy) is 2. The molecule has 3 aromatic carbocycles. The lowest BCUT2D eigenvalue weighted by atomic mass is 10.2. The molecule has 0 atom stereocenters. The van der Waals surface area contributed by atoms with Crippen LogP contribution in [0.2, 0.25) is 0 Å². The molecule has 1 N–H and O–H groups in total. The van der Waals surface area contributed by atoms with Crippen LogP contribution in [-0.2, 0) is 11.4 Å². The molecule has 0 aliphatic carbocycles. The fourth-order valence-electron chi connectivity index (χ4n) is 2.55. The molecule has 5 heteroatoms. The third kappa shape index (κ3) is 5.47. The van der Waals surface area contributed by atoms with E-state index in [9.17, 15) is 4.79 Å². The van der Waals surface area contributed by atoms with Gasteiger partial charge in [-0.3, -0.25) is 4.79 Å². The van der Waals surface area contributed by atoms with Gasteiger partial charge in [-0.2, -0.15) is 0 Å². The van der Waals surface area contributed by atoms with Crippen LogP contribution in [0.5, 0.6) is 11.5 Å². The van der Waals surface area contributed by atoms with Gasteiger partial charge in [0.1, 0.15) is 6.61 Å². The highest BCUT2D eigenvalue weighted by Gasteiger charge is 2.06. The minimum atomic E-state index is -0.213. The first kappa shape index (κ1) is 19.7. The molecule has 0 aliphatic rings. The van der Waals surface area contributed by atoms with Gasteiger partial charge in [0.05, 0.1) is 12.8 Å². The quantitative estimate of drug-likeness (QED) is 0.483. The summed E-state index contributed by atoms with van der Waals surface area (Å²) in [4.78, 5) is 12.1. The summed E-state index contributed by atoms with van der Waals surface area (Å²) >= 11 is 3.41. The lowest BCUT2D eigenvalue weighted by molar-refractivity contribution is -0.111. The number of para-hydroxylation sites is 1. The van der Waals surface area contributed by atoms with E-state index in [1.807, 2.05) is 72.8 Å². The van der Waals surface area contributed by atoms with Gasteiger partial charge in [-0.25, -0.2) is 0 Å². The predicted molar refractivity (Wildman–Crippen MR) is 116 cm³/mol. The highest BCUT2D eigenvalue weighted by molar-refractivity contribution is 9.10. The summed E-state index contributed by atoms with van der Waals surface area (Å²) < 4.78 is 12.1. The average molecular weight is 438 g/mol. The van der Waals surface area contributed by atoms with Crippen LogP contribution >= 0.6 is 15.9 Å². The van der Waals surface area contributed by atoms with Gasteiger partial charge in [0, 0.05) is 10.5 Å². The van der Waals surface area contributed by atoms with Crippen LogP contribution in [-0.4, -0.2) is 13.0 Å². The van der Waals surface area contributed by atoms with E-state index in [-0.39, 0.29) is 5.91 Å². The van der Waals surface area contributed by atoms with Crippen molar-refractivity contribution in [3.63, 3.8) is 0 Å². The second-order valence-electron chi connectivity index (χ2n) is 5.99. The summed E-state index contributed by atoms with van der Waals surface area (Å²) in [6.45, 7) is 0.459. The van der Waals surface area contributed by atoms with Crippen molar-refractivity contribution in [2.24, 2.45) is 0 Å². The number of nitrogens with one attached hydrogen (secondary N) is 1. The maximum absolute atomic E-state index is 12.1. The van der Waals surface area contributed by atoms with Crippen molar-refractivity contribution >= 4 is 33.6 Å². The van der Waals surface area contributed by atoms with Crippen LogP contribution in [0.25, 0.3) is 6.08 Å². The lowest BCUT2D eigenvalue weighted by Crippen LogP contribution is -2.08. The Balaban J connectivity index is 1.65. The summed E-state index contributed by atoms with van der Waals surface area (Å²) in [6, 6.07) is 23.0. The van der Waals surface area contributed by atoms with Gasteiger partial charge in [-0.1, -0.05) is 48.5 Å². The molecule has 0 unspecified atom stereocenters. The van der Waals surface area contributed by atoms with E-state index in [0.29, 0.717) is 18.1 Å². The lowest BCUT2D eigenvalue weighted by Gasteiger charge is -2.11. The van der Waals surface area contributed by atoms with Crippen molar-refractivity contribution in [1.82, 2.24) is 0 Å². The molecule has 0 fully saturated rings. The number of rotatable bonds is 7. The molecule has 0 heterocycles. The topological polar surface area (TPSA) is 47.6 Å². The zero-order chi connectivity index (χ0) is 19.8. The number of hydrogen-bond donors (Lipinski definition) is 1. The third-order valence-corrected chi connectivity index (χ3v) is 4.68. The van der Waals surface area contributed by atoms with E-state index in [0.717, 1.165) is 21.3 Å². The molecule has 0 radical (unpaired) electrons. The number of anilines is 1. The van der Waals surface area contributed by atoms with Crippen molar-refractivity contribution in [3.8, 4) is 11.5 Å². The number of hydrogen-bond acceptors (Lipinski definition) is 3. The minimum Gasteiger partial charge on any atom is -0.493 e. The van der Waals surface area contributed by atoms with E-state index in [2.05, 4.69) is 21.2 Å². The molecule has 28 heavy (non-hydrogen) atoms. The van der Waals surface area contributed by atoms with Crippen LogP contribution in [0.15, 0.2) is 83.3 Å². The molecule has 142 valence electrons. The summed E-state index contributed by atoms with van der Waals surface area (Å²) in [5.41, 5.74) is 2.64. The monoisotopic (exact) mass is 437 g/mol. The van der Waals surface area contributed by atoms with E-state index in [1.54, 1.807) is 13.2 Å². The van der Waals surface area contributed by atoms with Crippen molar-refractivity contribution < 1.29 is 14.3 Å². The van der Waals surface area contributed by atoms with Gasteiger partial charge < -0.3 is 14.8 Å². The number of methoxy groups -OCH3 is 1. The Morgan fingerprint density at radius 1 is 1.00 bits per heavy atom. The number of carbonyl (C=O) groups is 1. The second-order valence-corrected chi connectivity index (χ2v) is 6.84. The van der Waals surface area contributed by atoms with Crippen molar-refractivity contribution in [1.29, 1.82) is 0 Å². The Kier molecular flexibility index (Phi) is 6.87. The van der Waals surface area contributed by atoms with Crippen molar-refractivity contribution in [2.45, 2.75) is 6.61 Å². The maximum atomic E-state index is 12.1. The van der Waals surface area contributed by atoms with E-state index < -0.39 is 0 Å². The van der Waals surface area contributed by atoms with Crippen LogP contribution in [0.1, 0.15) is 11.1 Å². The molecular formula is C23H20BrNO3. The average Bonchev–Trinajstić information content (AvgIpc) is 2.73. The zero-order valence-electron chi connectivity index (χ0n) is 15.4. The van der Waals surface area contributed by atoms with Gasteiger partial charge in [-0.15, -0.1) is 0 Å². The fourth-order valence-corrected chi connectivity index (χ4v) is 2.94. The van der Waals surface area contributed by atoms with Crippen LogP contribution < -0.4 is 14.8 Å². The van der Waals surface area contributed by atoms with E-state index in [1.165, 1.54) is 6.08 Å². The number of halogens is 1. The molecule has 4 nitrogen and oxygen atoms in total. The Morgan fingerprint density at radius 3 is 2.50 bits per heavy atom. The van der Waals surface area contributed by atoms with Crippen molar-refractivity contribution in [2.75, 3.05) is 12.4 Å². The van der Waals surface area contributed by atoms with Gasteiger partial charge in [0.15, 0.2) is 11.5 Å². The van der Waals surface area contributed by atoms with E-state index in [4.69, 9.17) is 9.47 Å².